The quantitative estimate of drug-likeness (QED) is 0.642. The molecule has 0 radical (unpaired) electrons. The Hall–Kier alpha value is -2.55. The van der Waals surface area contributed by atoms with Crippen LogP contribution in [0.15, 0.2) is 45.6 Å². The fourth-order valence-corrected chi connectivity index (χ4v) is 3.64. The Morgan fingerprint density at radius 2 is 1.73 bits per heavy atom. The average molecular weight is 440 g/mol. The monoisotopic (exact) mass is 439 g/mol. The number of nitrogens with zero attached hydrogens (tertiary/aromatic N) is 1. The molecule has 1 aromatic heterocycles. The third kappa shape index (κ3) is 3.90. The van der Waals surface area contributed by atoms with Gasteiger partial charge in [0.2, 0.25) is 11.2 Å². The first-order valence-electron chi connectivity index (χ1n) is 9.20. The van der Waals surface area contributed by atoms with Crippen LogP contribution in [0.2, 0.25) is 5.02 Å². The first-order chi connectivity index (χ1) is 14.3. The summed E-state index contributed by atoms with van der Waals surface area (Å²) >= 11 is 5.83. The Kier molecular flexibility index (Phi) is 5.48. The van der Waals surface area contributed by atoms with Crippen LogP contribution in [0, 0.1) is 0 Å². The van der Waals surface area contributed by atoms with Crippen molar-refractivity contribution < 1.29 is 27.4 Å². The Morgan fingerprint density at radius 1 is 1.07 bits per heavy atom. The van der Waals surface area contributed by atoms with E-state index < -0.39 is 22.9 Å². The van der Waals surface area contributed by atoms with Gasteiger partial charge in [-0.15, -0.1) is 0 Å². The van der Waals surface area contributed by atoms with Gasteiger partial charge in [-0.2, -0.15) is 13.2 Å². The van der Waals surface area contributed by atoms with Crippen LogP contribution in [0.5, 0.6) is 5.75 Å². The van der Waals surface area contributed by atoms with Crippen molar-refractivity contribution in [1.29, 1.82) is 0 Å². The zero-order valence-electron chi connectivity index (χ0n) is 15.6. The summed E-state index contributed by atoms with van der Waals surface area (Å²) in [5, 5.41) is 10.6. The van der Waals surface area contributed by atoms with Gasteiger partial charge in [0.15, 0.2) is 0 Å². The molecular formula is C21H17ClF3NO4. The highest BCUT2D eigenvalue weighted by Crippen LogP contribution is 2.39. The highest BCUT2D eigenvalue weighted by Gasteiger charge is 2.40. The van der Waals surface area contributed by atoms with E-state index in [0.29, 0.717) is 31.3 Å². The van der Waals surface area contributed by atoms with E-state index in [1.54, 1.807) is 0 Å². The van der Waals surface area contributed by atoms with Crippen LogP contribution in [0.25, 0.3) is 22.1 Å². The van der Waals surface area contributed by atoms with Crippen molar-refractivity contribution in [3.05, 3.63) is 63.0 Å². The molecule has 3 aromatic rings. The SMILES string of the molecule is O=c1c(-c2ccc(Cl)cc2)c(C(F)(F)F)oc2c(CN3CCOCC3)c(O)ccc12. The standard InChI is InChI=1S/C21H17ClF3NO4/c22-13-3-1-12(2-4-13)17-18(28)14-5-6-16(27)15(11-26-7-9-29-10-8-26)19(14)30-20(17)21(23,24)25/h1-6,27H,7-11H2. The molecule has 2 aromatic carbocycles. The van der Waals surface area contributed by atoms with E-state index in [-0.39, 0.29) is 34.4 Å². The van der Waals surface area contributed by atoms with E-state index >= 15 is 0 Å². The molecule has 1 N–H and O–H groups in total. The summed E-state index contributed by atoms with van der Waals surface area (Å²) in [6.45, 7) is 2.19. The van der Waals surface area contributed by atoms with Gasteiger partial charge in [-0.1, -0.05) is 23.7 Å². The molecule has 4 rings (SSSR count). The topological polar surface area (TPSA) is 62.9 Å². The summed E-state index contributed by atoms with van der Waals surface area (Å²) in [5.74, 6) is -1.64. The Balaban J connectivity index is 1.96. The maximum absolute atomic E-state index is 13.9. The molecule has 0 saturated carbocycles. The number of aromatic hydroxyl groups is 1. The van der Waals surface area contributed by atoms with Crippen molar-refractivity contribution in [3.63, 3.8) is 0 Å². The second kappa shape index (κ2) is 7.94. The van der Waals surface area contributed by atoms with E-state index in [4.69, 9.17) is 20.8 Å². The third-order valence-corrected chi connectivity index (χ3v) is 5.27. The van der Waals surface area contributed by atoms with Crippen LogP contribution in [-0.4, -0.2) is 36.3 Å². The number of phenolic OH excluding ortho intramolecular Hbond substituents is 1. The molecule has 0 aliphatic carbocycles. The summed E-state index contributed by atoms with van der Waals surface area (Å²) in [6.07, 6.45) is -4.91. The summed E-state index contributed by atoms with van der Waals surface area (Å²) in [4.78, 5) is 15.0. The van der Waals surface area contributed by atoms with Crippen molar-refractivity contribution in [1.82, 2.24) is 4.90 Å². The predicted octanol–water partition coefficient (Wildman–Crippen LogP) is 4.67. The third-order valence-electron chi connectivity index (χ3n) is 5.01. The number of phenols is 1. The van der Waals surface area contributed by atoms with Crippen molar-refractivity contribution in [2.24, 2.45) is 0 Å². The second-order valence-electron chi connectivity index (χ2n) is 6.97. The molecule has 1 aliphatic rings. The Morgan fingerprint density at radius 3 is 2.37 bits per heavy atom. The molecule has 1 aliphatic heterocycles. The molecule has 1 saturated heterocycles. The molecule has 30 heavy (non-hydrogen) atoms. The number of hydrogen-bond donors (Lipinski definition) is 1. The minimum atomic E-state index is -4.91. The Labute approximate surface area is 174 Å². The second-order valence-corrected chi connectivity index (χ2v) is 7.40. The average Bonchev–Trinajstić information content (AvgIpc) is 2.71. The van der Waals surface area contributed by atoms with E-state index in [1.807, 2.05) is 4.90 Å². The lowest BCUT2D eigenvalue weighted by molar-refractivity contribution is -0.152. The van der Waals surface area contributed by atoms with Crippen molar-refractivity contribution in [2.45, 2.75) is 12.7 Å². The first-order valence-corrected chi connectivity index (χ1v) is 9.58. The Bertz CT molecular complexity index is 1140. The number of rotatable bonds is 3. The lowest BCUT2D eigenvalue weighted by Gasteiger charge is -2.27. The summed E-state index contributed by atoms with van der Waals surface area (Å²) in [5.41, 5.74) is -1.50. The van der Waals surface area contributed by atoms with Gasteiger partial charge in [-0.05, 0) is 29.8 Å². The van der Waals surface area contributed by atoms with Crippen LogP contribution in [0.3, 0.4) is 0 Å². The molecule has 0 unspecified atom stereocenters. The molecular weight excluding hydrogens is 423 g/mol. The van der Waals surface area contributed by atoms with Gasteiger partial charge in [0.25, 0.3) is 0 Å². The number of morpholine rings is 1. The zero-order valence-corrected chi connectivity index (χ0v) is 16.4. The van der Waals surface area contributed by atoms with Crippen LogP contribution in [-0.2, 0) is 17.5 Å². The fourth-order valence-electron chi connectivity index (χ4n) is 3.52. The highest BCUT2D eigenvalue weighted by molar-refractivity contribution is 6.30. The number of hydrogen-bond acceptors (Lipinski definition) is 5. The molecule has 0 spiro atoms. The molecule has 1 fully saturated rings. The van der Waals surface area contributed by atoms with Gasteiger partial charge >= 0.3 is 6.18 Å². The van der Waals surface area contributed by atoms with Crippen molar-refractivity contribution in [2.75, 3.05) is 26.3 Å². The molecule has 158 valence electrons. The number of alkyl halides is 3. The smallest absolute Gasteiger partial charge is 0.450 e. The maximum Gasteiger partial charge on any atom is 0.450 e. The van der Waals surface area contributed by atoms with E-state index in [2.05, 4.69) is 0 Å². The number of fused-ring (bicyclic) bond motifs is 1. The number of halogens is 4. The minimum absolute atomic E-state index is 0.0333. The van der Waals surface area contributed by atoms with Crippen LogP contribution >= 0.6 is 11.6 Å². The minimum Gasteiger partial charge on any atom is -0.507 e. The van der Waals surface area contributed by atoms with E-state index in [9.17, 15) is 23.1 Å². The van der Waals surface area contributed by atoms with Gasteiger partial charge in [0.05, 0.1) is 29.7 Å². The summed E-state index contributed by atoms with van der Waals surface area (Å²) < 4.78 is 52.2. The molecule has 0 bridgehead atoms. The normalized spacial score (nSPS) is 15.6. The predicted molar refractivity (Wildman–Crippen MR) is 106 cm³/mol. The molecule has 0 atom stereocenters. The lowest BCUT2D eigenvalue weighted by atomic mass is 10.00. The van der Waals surface area contributed by atoms with Crippen molar-refractivity contribution in [3.8, 4) is 16.9 Å². The molecule has 5 nitrogen and oxygen atoms in total. The van der Waals surface area contributed by atoms with Crippen molar-refractivity contribution >= 4 is 22.6 Å². The van der Waals surface area contributed by atoms with Gasteiger partial charge in [-0.25, -0.2) is 0 Å². The van der Waals surface area contributed by atoms with Gasteiger partial charge in [-0.3, -0.25) is 9.69 Å². The van der Waals surface area contributed by atoms with E-state index in [1.165, 1.54) is 36.4 Å². The van der Waals surface area contributed by atoms with Gasteiger partial charge in [0.1, 0.15) is 11.3 Å². The highest BCUT2D eigenvalue weighted by atomic mass is 35.5. The fraction of sp³-hybridized carbons (Fsp3) is 0.286. The first kappa shape index (κ1) is 20.7. The molecule has 2 heterocycles. The van der Waals surface area contributed by atoms with Crippen LogP contribution in [0.4, 0.5) is 13.2 Å². The maximum atomic E-state index is 13.9. The largest absolute Gasteiger partial charge is 0.507 e. The lowest BCUT2D eigenvalue weighted by Crippen LogP contribution is -2.35. The molecule has 0 amide bonds. The van der Waals surface area contributed by atoms with Gasteiger partial charge < -0.3 is 14.3 Å². The number of benzene rings is 2. The van der Waals surface area contributed by atoms with Gasteiger partial charge in [0, 0.05) is 24.7 Å². The van der Waals surface area contributed by atoms with E-state index in [0.717, 1.165) is 0 Å². The molecule has 9 heteroatoms. The van der Waals surface area contributed by atoms with Crippen LogP contribution < -0.4 is 5.43 Å². The summed E-state index contributed by atoms with van der Waals surface area (Å²) in [7, 11) is 0. The zero-order chi connectivity index (χ0) is 21.5. The van der Waals surface area contributed by atoms with Crippen LogP contribution in [0.1, 0.15) is 11.3 Å². The summed E-state index contributed by atoms with van der Waals surface area (Å²) in [6, 6.07) is 8.06. The number of ether oxygens (including phenoxy) is 1.